The fourth-order valence-electron chi connectivity index (χ4n) is 1.99. The summed E-state index contributed by atoms with van der Waals surface area (Å²) in [6, 6.07) is 12.5. The third kappa shape index (κ3) is 4.58. The average Bonchev–Trinajstić information content (AvgIpc) is 2.57. The predicted octanol–water partition coefficient (Wildman–Crippen LogP) is 3.29. The molecule has 0 saturated heterocycles. The molecule has 0 spiro atoms. The van der Waals surface area contributed by atoms with Gasteiger partial charge < -0.3 is 4.74 Å². The van der Waals surface area contributed by atoms with Gasteiger partial charge in [0.25, 0.3) is 11.8 Å². The first kappa shape index (κ1) is 18.0. The van der Waals surface area contributed by atoms with Gasteiger partial charge >= 0.3 is 0 Å². The van der Waals surface area contributed by atoms with Crippen molar-refractivity contribution in [2.24, 2.45) is 0 Å². The second-order valence-electron chi connectivity index (χ2n) is 5.41. The Morgan fingerprint density at radius 2 is 1.71 bits per heavy atom. The molecule has 0 aliphatic heterocycles. The van der Waals surface area contributed by atoms with Crippen molar-refractivity contribution in [2.45, 2.75) is 26.9 Å². The highest BCUT2D eigenvalue weighted by Gasteiger charge is 2.17. The smallest absolute Gasteiger partial charge is 0.279 e. The molecule has 2 rings (SSSR count). The van der Waals surface area contributed by atoms with E-state index < -0.39 is 17.9 Å². The molecule has 0 saturated carbocycles. The van der Waals surface area contributed by atoms with Gasteiger partial charge in [0.1, 0.15) is 5.75 Å². The maximum atomic E-state index is 12.1. The average molecular weight is 391 g/mol. The lowest BCUT2D eigenvalue weighted by molar-refractivity contribution is -0.128. The third-order valence-electron chi connectivity index (χ3n) is 3.63. The Hall–Kier alpha value is -2.34. The molecule has 24 heavy (non-hydrogen) atoms. The van der Waals surface area contributed by atoms with E-state index in [0.717, 1.165) is 15.6 Å². The molecule has 0 aliphatic carbocycles. The van der Waals surface area contributed by atoms with Gasteiger partial charge in [-0.05, 0) is 62.2 Å². The molecule has 1 unspecified atom stereocenters. The number of amides is 2. The van der Waals surface area contributed by atoms with Crippen LogP contribution in [0.25, 0.3) is 0 Å². The van der Waals surface area contributed by atoms with Gasteiger partial charge in [-0.1, -0.05) is 28.1 Å². The van der Waals surface area contributed by atoms with Crippen molar-refractivity contribution in [3.63, 3.8) is 0 Å². The molecular formula is C18H19BrN2O3. The van der Waals surface area contributed by atoms with E-state index in [1.807, 2.05) is 32.0 Å². The van der Waals surface area contributed by atoms with Gasteiger partial charge in [0.05, 0.1) is 0 Å². The first-order chi connectivity index (χ1) is 11.4. The quantitative estimate of drug-likeness (QED) is 0.786. The summed E-state index contributed by atoms with van der Waals surface area (Å²) < 4.78 is 6.55. The van der Waals surface area contributed by atoms with Gasteiger partial charge in [0, 0.05) is 10.0 Å². The van der Waals surface area contributed by atoms with Gasteiger partial charge in [-0.15, -0.1) is 0 Å². The normalized spacial score (nSPS) is 11.5. The van der Waals surface area contributed by atoms with E-state index >= 15 is 0 Å². The molecule has 126 valence electrons. The van der Waals surface area contributed by atoms with E-state index in [2.05, 4.69) is 26.8 Å². The monoisotopic (exact) mass is 390 g/mol. The van der Waals surface area contributed by atoms with E-state index in [9.17, 15) is 9.59 Å². The van der Waals surface area contributed by atoms with Crippen molar-refractivity contribution in [1.82, 2.24) is 10.9 Å². The number of ether oxygens (including phenoxy) is 1. The zero-order valence-electron chi connectivity index (χ0n) is 13.7. The molecule has 1 atom stereocenters. The number of hydrogen-bond donors (Lipinski definition) is 2. The number of hydrazine groups is 1. The maximum absolute atomic E-state index is 12.1. The Labute approximate surface area is 149 Å². The summed E-state index contributed by atoms with van der Waals surface area (Å²) in [6.45, 7) is 5.54. The van der Waals surface area contributed by atoms with Crippen LogP contribution in [0, 0.1) is 13.8 Å². The lowest BCUT2D eigenvalue weighted by Gasteiger charge is -2.17. The summed E-state index contributed by atoms with van der Waals surface area (Å²) in [5, 5.41) is 0. The number of carbonyl (C=O) groups excluding carboxylic acids is 2. The first-order valence-corrected chi connectivity index (χ1v) is 8.26. The van der Waals surface area contributed by atoms with E-state index in [1.54, 1.807) is 31.2 Å². The Kier molecular flexibility index (Phi) is 5.98. The third-order valence-corrected chi connectivity index (χ3v) is 4.16. The SMILES string of the molecule is Cc1cccc(OC(C)C(=O)NNC(=O)c2ccc(Br)cc2)c1C. The highest BCUT2D eigenvalue weighted by atomic mass is 79.9. The lowest BCUT2D eigenvalue weighted by Crippen LogP contribution is -2.47. The van der Waals surface area contributed by atoms with E-state index in [-0.39, 0.29) is 0 Å². The van der Waals surface area contributed by atoms with Crippen LogP contribution in [-0.2, 0) is 4.79 Å². The number of halogens is 1. The van der Waals surface area contributed by atoms with Crippen LogP contribution in [0.15, 0.2) is 46.9 Å². The van der Waals surface area contributed by atoms with Crippen molar-refractivity contribution in [3.8, 4) is 5.75 Å². The van der Waals surface area contributed by atoms with Crippen LogP contribution in [0.4, 0.5) is 0 Å². The second kappa shape index (κ2) is 7.97. The number of hydrogen-bond acceptors (Lipinski definition) is 3. The van der Waals surface area contributed by atoms with Crippen LogP contribution in [0.2, 0.25) is 0 Å². The number of aryl methyl sites for hydroxylation is 1. The summed E-state index contributed by atoms with van der Waals surface area (Å²) >= 11 is 3.30. The van der Waals surface area contributed by atoms with Crippen LogP contribution in [0.1, 0.15) is 28.4 Å². The lowest BCUT2D eigenvalue weighted by atomic mass is 10.1. The van der Waals surface area contributed by atoms with Crippen molar-refractivity contribution in [2.75, 3.05) is 0 Å². The zero-order chi connectivity index (χ0) is 17.7. The van der Waals surface area contributed by atoms with Gasteiger partial charge in [-0.2, -0.15) is 0 Å². The van der Waals surface area contributed by atoms with Crippen LogP contribution in [-0.4, -0.2) is 17.9 Å². The van der Waals surface area contributed by atoms with Crippen LogP contribution in [0.5, 0.6) is 5.75 Å². The van der Waals surface area contributed by atoms with Crippen LogP contribution >= 0.6 is 15.9 Å². The molecule has 0 aliphatic rings. The minimum Gasteiger partial charge on any atom is -0.481 e. The molecule has 2 aromatic carbocycles. The van der Waals surface area contributed by atoms with E-state index in [4.69, 9.17) is 4.74 Å². The molecule has 0 bridgehead atoms. The fraction of sp³-hybridized carbons (Fsp3) is 0.222. The second-order valence-corrected chi connectivity index (χ2v) is 6.32. The van der Waals surface area contributed by atoms with Gasteiger partial charge in [-0.3, -0.25) is 20.4 Å². The Bertz CT molecular complexity index is 744. The number of benzene rings is 2. The van der Waals surface area contributed by atoms with Crippen molar-refractivity contribution >= 4 is 27.7 Å². The summed E-state index contributed by atoms with van der Waals surface area (Å²) in [6.07, 6.45) is -0.740. The predicted molar refractivity (Wildman–Crippen MR) is 95.8 cm³/mol. The molecule has 6 heteroatoms. The molecule has 0 aromatic heterocycles. The maximum Gasteiger partial charge on any atom is 0.279 e. The summed E-state index contributed by atoms with van der Waals surface area (Å²) in [4.78, 5) is 24.0. The highest BCUT2D eigenvalue weighted by Crippen LogP contribution is 2.21. The standard InChI is InChI=1S/C18H19BrN2O3/c1-11-5-4-6-16(12(11)2)24-13(3)17(22)20-21-18(23)14-7-9-15(19)10-8-14/h4-10,13H,1-3H3,(H,20,22)(H,21,23). The molecule has 2 amide bonds. The topological polar surface area (TPSA) is 67.4 Å². The largest absolute Gasteiger partial charge is 0.481 e. The highest BCUT2D eigenvalue weighted by molar-refractivity contribution is 9.10. The van der Waals surface area contributed by atoms with Crippen molar-refractivity contribution in [1.29, 1.82) is 0 Å². The zero-order valence-corrected chi connectivity index (χ0v) is 15.3. The molecular weight excluding hydrogens is 372 g/mol. The van der Waals surface area contributed by atoms with Crippen molar-refractivity contribution in [3.05, 3.63) is 63.6 Å². The minimum atomic E-state index is -0.740. The minimum absolute atomic E-state index is 0.394. The summed E-state index contributed by atoms with van der Waals surface area (Å²) in [5.41, 5.74) is 7.27. The van der Waals surface area contributed by atoms with Gasteiger partial charge in [-0.25, -0.2) is 0 Å². The number of rotatable bonds is 4. The molecule has 5 nitrogen and oxygen atoms in total. The molecule has 0 radical (unpaired) electrons. The Morgan fingerprint density at radius 3 is 2.38 bits per heavy atom. The molecule has 2 N–H and O–H groups in total. The summed E-state index contributed by atoms with van der Waals surface area (Å²) in [7, 11) is 0. The first-order valence-electron chi connectivity index (χ1n) is 7.47. The van der Waals surface area contributed by atoms with Gasteiger partial charge in [0.15, 0.2) is 6.10 Å². The fourth-order valence-corrected chi connectivity index (χ4v) is 2.25. The number of nitrogens with one attached hydrogen (secondary N) is 2. The number of carbonyl (C=O) groups is 2. The molecule has 0 heterocycles. The van der Waals surface area contributed by atoms with E-state index in [0.29, 0.717) is 11.3 Å². The molecule has 0 fully saturated rings. The Morgan fingerprint density at radius 1 is 1.04 bits per heavy atom. The Balaban J connectivity index is 1.91. The van der Waals surface area contributed by atoms with E-state index in [1.165, 1.54) is 0 Å². The van der Waals surface area contributed by atoms with Gasteiger partial charge in [0.2, 0.25) is 0 Å². The van der Waals surface area contributed by atoms with Crippen LogP contribution in [0.3, 0.4) is 0 Å². The van der Waals surface area contributed by atoms with Crippen LogP contribution < -0.4 is 15.6 Å². The van der Waals surface area contributed by atoms with Crippen molar-refractivity contribution < 1.29 is 14.3 Å². The summed E-state index contributed by atoms with van der Waals surface area (Å²) in [5.74, 6) is -0.173. The molecule has 2 aromatic rings.